The SMILES string of the molecule is O=C(c1ccc(N2CCCC2=O)cc1)N1CCN(C(=O)C2CC2)CC1. The third-order valence-corrected chi connectivity index (χ3v) is 5.30. The highest BCUT2D eigenvalue weighted by Crippen LogP contribution is 2.31. The van der Waals surface area contributed by atoms with Crippen molar-refractivity contribution in [1.29, 1.82) is 0 Å². The smallest absolute Gasteiger partial charge is 0.253 e. The number of amides is 3. The van der Waals surface area contributed by atoms with E-state index in [1.165, 1.54) is 0 Å². The molecule has 0 unspecified atom stereocenters. The summed E-state index contributed by atoms with van der Waals surface area (Å²) in [4.78, 5) is 42.0. The predicted octanol–water partition coefficient (Wildman–Crippen LogP) is 1.51. The highest BCUT2D eigenvalue weighted by atomic mass is 16.2. The molecule has 3 fully saturated rings. The Kier molecular flexibility index (Phi) is 4.19. The lowest BCUT2D eigenvalue weighted by Gasteiger charge is -2.35. The minimum absolute atomic E-state index is 0.00202. The van der Waals surface area contributed by atoms with E-state index in [-0.39, 0.29) is 23.6 Å². The molecule has 3 aliphatic rings. The molecule has 6 nitrogen and oxygen atoms in total. The molecule has 0 atom stereocenters. The van der Waals surface area contributed by atoms with Crippen molar-refractivity contribution >= 4 is 23.4 Å². The maximum Gasteiger partial charge on any atom is 0.253 e. The molecular weight excluding hydrogens is 318 g/mol. The number of hydrogen-bond acceptors (Lipinski definition) is 3. The first kappa shape index (κ1) is 16.1. The summed E-state index contributed by atoms with van der Waals surface area (Å²) in [5.74, 6) is 0.642. The molecule has 0 radical (unpaired) electrons. The number of hydrogen-bond donors (Lipinski definition) is 0. The summed E-state index contributed by atoms with van der Waals surface area (Å²) in [5.41, 5.74) is 1.50. The Bertz CT molecular complexity index is 688. The van der Waals surface area contributed by atoms with E-state index in [0.29, 0.717) is 38.2 Å². The van der Waals surface area contributed by atoms with Gasteiger partial charge < -0.3 is 14.7 Å². The van der Waals surface area contributed by atoms with Crippen molar-refractivity contribution in [3.05, 3.63) is 29.8 Å². The summed E-state index contributed by atoms with van der Waals surface area (Å²) >= 11 is 0. The average molecular weight is 341 g/mol. The molecule has 1 aromatic rings. The number of benzene rings is 1. The molecule has 0 bridgehead atoms. The molecule has 2 aliphatic heterocycles. The average Bonchev–Trinajstić information content (AvgIpc) is 3.42. The van der Waals surface area contributed by atoms with Crippen molar-refractivity contribution in [2.45, 2.75) is 25.7 Å². The van der Waals surface area contributed by atoms with E-state index in [0.717, 1.165) is 31.5 Å². The summed E-state index contributed by atoms with van der Waals surface area (Å²) in [6.07, 6.45) is 3.53. The molecule has 1 aromatic carbocycles. The van der Waals surface area contributed by atoms with Crippen LogP contribution in [0.15, 0.2) is 24.3 Å². The predicted molar refractivity (Wildman–Crippen MR) is 93.2 cm³/mol. The molecule has 3 amide bonds. The van der Waals surface area contributed by atoms with Gasteiger partial charge in [-0.3, -0.25) is 14.4 Å². The van der Waals surface area contributed by atoms with Crippen LogP contribution in [0.4, 0.5) is 5.69 Å². The van der Waals surface area contributed by atoms with Crippen LogP contribution >= 0.6 is 0 Å². The van der Waals surface area contributed by atoms with Gasteiger partial charge in [0.1, 0.15) is 0 Å². The van der Waals surface area contributed by atoms with Gasteiger partial charge in [0.2, 0.25) is 11.8 Å². The molecule has 1 saturated carbocycles. The Hall–Kier alpha value is -2.37. The zero-order chi connectivity index (χ0) is 17.4. The first-order valence-corrected chi connectivity index (χ1v) is 9.12. The summed E-state index contributed by atoms with van der Waals surface area (Å²) in [6, 6.07) is 7.29. The topological polar surface area (TPSA) is 60.9 Å². The van der Waals surface area contributed by atoms with Crippen LogP contribution in [0.2, 0.25) is 0 Å². The Balaban J connectivity index is 1.36. The quantitative estimate of drug-likeness (QED) is 0.837. The number of nitrogens with zero attached hydrogens (tertiary/aromatic N) is 3. The molecule has 0 N–H and O–H groups in total. The lowest BCUT2D eigenvalue weighted by atomic mass is 10.1. The number of carbonyl (C=O) groups is 3. The highest BCUT2D eigenvalue weighted by molar-refractivity contribution is 5.97. The second-order valence-electron chi connectivity index (χ2n) is 7.09. The Morgan fingerprint density at radius 1 is 0.880 bits per heavy atom. The third kappa shape index (κ3) is 3.25. The fraction of sp³-hybridized carbons (Fsp3) is 0.526. The monoisotopic (exact) mass is 341 g/mol. The number of carbonyl (C=O) groups excluding carboxylic acids is 3. The van der Waals surface area contributed by atoms with E-state index in [1.54, 1.807) is 17.0 Å². The first-order chi connectivity index (χ1) is 12.1. The summed E-state index contributed by atoms with van der Waals surface area (Å²) < 4.78 is 0. The van der Waals surface area contributed by atoms with E-state index < -0.39 is 0 Å². The zero-order valence-corrected chi connectivity index (χ0v) is 14.3. The van der Waals surface area contributed by atoms with Gasteiger partial charge >= 0.3 is 0 Å². The molecule has 1 aliphatic carbocycles. The lowest BCUT2D eigenvalue weighted by Crippen LogP contribution is -2.51. The van der Waals surface area contributed by atoms with Crippen LogP contribution in [0.3, 0.4) is 0 Å². The van der Waals surface area contributed by atoms with Gasteiger partial charge in [-0.1, -0.05) is 0 Å². The van der Waals surface area contributed by atoms with Crippen LogP contribution in [0.25, 0.3) is 0 Å². The normalized spacial score (nSPS) is 21.0. The van der Waals surface area contributed by atoms with Crippen LogP contribution in [0.1, 0.15) is 36.0 Å². The Labute approximate surface area is 147 Å². The second kappa shape index (κ2) is 6.50. The fourth-order valence-corrected chi connectivity index (χ4v) is 3.61. The van der Waals surface area contributed by atoms with Gasteiger partial charge in [-0.15, -0.1) is 0 Å². The van der Waals surface area contributed by atoms with Crippen molar-refractivity contribution in [2.24, 2.45) is 5.92 Å². The molecule has 132 valence electrons. The molecular formula is C19H23N3O3. The van der Waals surface area contributed by atoms with Gasteiger partial charge in [0.25, 0.3) is 5.91 Å². The van der Waals surface area contributed by atoms with Gasteiger partial charge in [0, 0.05) is 56.3 Å². The Morgan fingerprint density at radius 2 is 1.52 bits per heavy atom. The number of piperazine rings is 1. The molecule has 2 saturated heterocycles. The highest BCUT2D eigenvalue weighted by Gasteiger charge is 2.35. The summed E-state index contributed by atoms with van der Waals surface area (Å²) in [7, 11) is 0. The third-order valence-electron chi connectivity index (χ3n) is 5.30. The van der Waals surface area contributed by atoms with E-state index in [9.17, 15) is 14.4 Å². The van der Waals surface area contributed by atoms with Gasteiger partial charge in [0.15, 0.2) is 0 Å². The van der Waals surface area contributed by atoms with E-state index >= 15 is 0 Å². The van der Waals surface area contributed by atoms with Gasteiger partial charge in [-0.05, 0) is 43.5 Å². The summed E-state index contributed by atoms with van der Waals surface area (Å²) in [6.45, 7) is 3.18. The number of rotatable bonds is 3. The van der Waals surface area contributed by atoms with Crippen molar-refractivity contribution in [3.8, 4) is 0 Å². The maximum absolute atomic E-state index is 12.7. The van der Waals surface area contributed by atoms with Crippen LogP contribution in [0, 0.1) is 5.92 Å². The van der Waals surface area contributed by atoms with Crippen molar-refractivity contribution in [2.75, 3.05) is 37.6 Å². The molecule has 0 spiro atoms. The lowest BCUT2D eigenvalue weighted by molar-refractivity contribution is -0.134. The van der Waals surface area contributed by atoms with Crippen LogP contribution < -0.4 is 4.90 Å². The minimum atomic E-state index is -0.00202. The van der Waals surface area contributed by atoms with E-state index in [2.05, 4.69) is 0 Å². The standard InChI is InChI=1S/C19H23N3O3/c23-17-2-1-9-22(17)16-7-5-15(6-8-16)19(25)21-12-10-20(11-13-21)18(24)14-3-4-14/h5-8,14H,1-4,9-13H2. The van der Waals surface area contributed by atoms with Crippen molar-refractivity contribution in [1.82, 2.24) is 9.80 Å². The zero-order valence-electron chi connectivity index (χ0n) is 14.3. The Morgan fingerprint density at radius 3 is 2.08 bits per heavy atom. The minimum Gasteiger partial charge on any atom is -0.339 e. The largest absolute Gasteiger partial charge is 0.339 e. The van der Waals surface area contributed by atoms with Crippen molar-refractivity contribution in [3.63, 3.8) is 0 Å². The van der Waals surface area contributed by atoms with Crippen LogP contribution in [0.5, 0.6) is 0 Å². The maximum atomic E-state index is 12.7. The molecule has 0 aromatic heterocycles. The second-order valence-corrected chi connectivity index (χ2v) is 7.09. The summed E-state index contributed by atoms with van der Waals surface area (Å²) in [5, 5.41) is 0. The molecule has 6 heteroatoms. The van der Waals surface area contributed by atoms with Gasteiger partial charge in [-0.2, -0.15) is 0 Å². The molecule has 25 heavy (non-hydrogen) atoms. The first-order valence-electron chi connectivity index (χ1n) is 9.12. The number of anilines is 1. The van der Waals surface area contributed by atoms with E-state index in [4.69, 9.17) is 0 Å². The van der Waals surface area contributed by atoms with Crippen molar-refractivity contribution < 1.29 is 14.4 Å². The van der Waals surface area contributed by atoms with Gasteiger partial charge in [0.05, 0.1) is 0 Å². The fourth-order valence-electron chi connectivity index (χ4n) is 3.61. The van der Waals surface area contributed by atoms with Crippen LogP contribution in [-0.2, 0) is 9.59 Å². The van der Waals surface area contributed by atoms with E-state index in [1.807, 2.05) is 21.9 Å². The van der Waals surface area contributed by atoms with Crippen LogP contribution in [-0.4, -0.2) is 60.2 Å². The van der Waals surface area contributed by atoms with Gasteiger partial charge in [-0.25, -0.2) is 0 Å². The molecule has 2 heterocycles. The molecule has 4 rings (SSSR count).